The lowest BCUT2D eigenvalue weighted by atomic mass is 10.2. The highest BCUT2D eigenvalue weighted by Crippen LogP contribution is 2.32. The number of thioether (sulfide) groups is 1. The van der Waals surface area contributed by atoms with Crippen LogP contribution in [-0.4, -0.2) is 27.6 Å². The number of amides is 1. The zero-order valence-electron chi connectivity index (χ0n) is 15.4. The van der Waals surface area contributed by atoms with Gasteiger partial charge in [-0.05, 0) is 44.5 Å². The minimum Gasteiger partial charge on any atom is -0.451 e. The SMILES string of the molecule is Cc1sc2nc([C@H](C)OC(=O)c3ccc4c(c3)NC(=O)CS4)[nH]c(=O)c2c1C. The van der Waals surface area contributed by atoms with Crippen LogP contribution in [0.4, 0.5) is 5.69 Å². The van der Waals surface area contributed by atoms with Crippen molar-refractivity contribution < 1.29 is 14.3 Å². The van der Waals surface area contributed by atoms with Gasteiger partial charge in [0.25, 0.3) is 5.56 Å². The number of nitrogens with zero attached hydrogens (tertiary/aromatic N) is 1. The van der Waals surface area contributed by atoms with E-state index in [9.17, 15) is 14.4 Å². The third kappa shape index (κ3) is 3.31. The molecule has 0 saturated heterocycles. The highest BCUT2D eigenvalue weighted by Gasteiger charge is 2.21. The maximum Gasteiger partial charge on any atom is 0.338 e. The van der Waals surface area contributed by atoms with Crippen molar-refractivity contribution in [3.63, 3.8) is 0 Å². The van der Waals surface area contributed by atoms with Gasteiger partial charge < -0.3 is 15.0 Å². The number of H-pyrrole nitrogens is 1. The Kier molecular flexibility index (Phi) is 4.72. The number of carbonyl (C=O) groups is 2. The summed E-state index contributed by atoms with van der Waals surface area (Å²) in [6.07, 6.45) is -0.729. The number of hydrogen-bond donors (Lipinski definition) is 2. The lowest BCUT2D eigenvalue weighted by molar-refractivity contribution is -0.113. The molecule has 28 heavy (non-hydrogen) atoms. The van der Waals surface area contributed by atoms with Crippen molar-refractivity contribution in [2.45, 2.75) is 31.8 Å². The molecule has 9 heteroatoms. The second-order valence-corrected chi connectivity index (χ2v) is 8.73. The fourth-order valence-corrected chi connectivity index (χ4v) is 4.78. The van der Waals surface area contributed by atoms with Crippen LogP contribution in [0.5, 0.6) is 0 Å². The molecule has 0 radical (unpaired) electrons. The molecule has 3 heterocycles. The van der Waals surface area contributed by atoms with Crippen molar-refractivity contribution >= 4 is 50.9 Å². The second kappa shape index (κ2) is 7.06. The average Bonchev–Trinajstić information content (AvgIpc) is 2.95. The number of ether oxygens (including phenoxy) is 1. The van der Waals surface area contributed by atoms with Crippen LogP contribution in [0.1, 0.15) is 39.7 Å². The van der Waals surface area contributed by atoms with Gasteiger partial charge in [-0.1, -0.05) is 0 Å². The number of hydrogen-bond acceptors (Lipinski definition) is 7. The second-order valence-electron chi connectivity index (χ2n) is 6.51. The fraction of sp³-hybridized carbons (Fsp3) is 0.263. The van der Waals surface area contributed by atoms with Crippen LogP contribution < -0.4 is 10.9 Å². The Hall–Kier alpha value is -2.65. The molecule has 3 aromatic rings. The summed E-state index contributed by atoms with van der Waals surface area (Å²) in [7, 11) is 0. The van der Waals surface area contributed by atoms with Gasteiger partial charge in [0, 0.05) is 9.77 Å². The van der Waals surface area contributed by atoms with E-state index in [1.54, 1.807) is 25.1 Å². The molecular weight excluding hydrogens is 398 g/mol. The van der Waals surface area contributed by atoms with Gasteiger partial charge in [0.2, 0.25) is 5.91 Å². The number of thiophene rings is 1. The molecule has 0 unspecified atom stereocenters. The molecule has 1 aromatic carbocycles. The number of nitrogens with one attached hydrogen (secondary N) is 2. The molecule has 1 aliphatic rings. The van der Waals surface area contributed by atoms with Crippen molar-refractivity contribution in [1.82, 2.24) is 9.97 Å². The highest BCUT2D eigenvalue weighted by atomic mass is 32.2. The van der Waals surface area contributed by atoms with Crippen LogP contribution in [-0.2, 0) is 9.53 Å². The number of aromatic amines is 1. The normalized spacial score (nSPS) is 14.5. The van der Waals surface area contributed by atoms with Crippen molar-refractivity contribution in [3.8, 4) is 0 Å². The zero-order valence-corrected chi connectivity index (χ0v) is 17.0. The summed E-state index contributed by atoms with van der Waals surface area (Å²) < 4.78 is 5.49. The monoisotopic (exact) mass is 415 g/mol. The van der Waals surface area contributed by atoms with Gasteiger partial charge in [-0.2, -0.15) is 0 Å². The van der Waals surface area contributed by atoms with Crippen LogP contribution >= 0.6 is 23.1 Å². The van der Waals surface area contributed by atoms with E-state index in [1.165, 1.54) is 23.1 Å². The Morgan fingerprint density at radius 1 is 1.29 bits per heavy atom. The van der Waals surface area contributed by atoms with E-state index < -0.39 is 12.1 Å². The van der Waals surface area contributed by atoms with Crippen molar-refractivity contribution in [1.29, 1.82) is 0 Å². The van der Waals surface area contributed by atoms with E-state index in [2.05, 4.69) is 15.3 Å². The van der Waals surface area contributed by atoms with Gasteiger partial charge in [-0.15, -0.1) is 23.1 Å². The Balaban J connectivity index is 1.58. The summed E-state index contributed by atoms with van der Waals surface area (Å²) in [5.74, 6) is 0.000109. The van der Waals surface area contributed by atoms with E-state index in [0.717, 1.165) is 15.3 Å². The molecule has 1 aliphatic heterocycles. The lowest BCUT2D eigenvalue weighted by Gasteiger charge is -2.17. The summed E-state index contributed by atoms with van der Waals surface area (Å²) in [6, 6.07) is 5.04. The molecule has 2 N–H and O–H groups in total. The maximum absolute atomic E-state index is 12.5. The van der Waals surface area contributed by atoms with E-state index in [4.69, 9.17) is 4.74 Å². The number of esters is 1. The van der Waals surface area contributed by atoms with Gasteiger partial charge in [0.1, 0.15) is 4.83 Å². The van der Waals surface area contributed by atoms with Crippen LogP contribution in [0.3, 0.4) is 0 Å². The largest absolute Gasteiger partial charge is 0.451 e. The summed E-state index contributed by atoms with van der Waals surface area (Å²) in [5.41, 5.74) is 1.60. The first-order valence-corrected chi connectivity index (χ1v) is 10.4. The Labute approximate surface area is 168 Å². The smallest absolute Gasteiger partial charge is 0.338 e. The topological polar surface area (TPSA) is 101 Å². The van der Waals surface area contributed by atoms with E-state index in [-0.39, 0.29) is 11.5 Å². The van der Waals surface area contributed by atoms with Crippen LogP contribution in [0, 0.1) is 13.8 Å². The van der Waals surface area contributed by atoms with Gasteiger partial charge in [0.05, 0.1) is 22.4 Å². The van der Waals surface area contributed by atoms with Gasteiger partial charge in [-0.3, -0.25) is 9.59 Å². The molecule has 0 saturated carbocycles. The molecule has 0 fully saturated rings. The third-order valence-electron chi connectivity index (χ3n) is 4.57. The van der Waals surface area contributed by atoms with E-state index >= 15 is 0 Å². The Morgan fingerprint density at radius 2 is 2.07 bits per heavy atom. The van der Waals surface area contributed by atoms with Crippen LogP contribution in [0.15, 0.2) is 27.9 Å². The standard InChI is InChI=1S/C19H17N3O4S2/c1-8-10(3)28-18-15(8)17(24)21-16(22-18)9(2)26-19(25)11-4-5-13-12(6-11)20-14(23)7-27-13/h4-6,9H,7H2,1-3H3,(H,20,23)(H,21,22,24)/t9-/m0/s1. The number of carbonyl (C=O) groups excluding carboxylic acids is 2. The third-order valence-corrected chi connectivity index (χ3v) is 6.75. The van der Waals surface area contributed by atoms with Gasteiger partial charge >= 0.3 is 5.97 Å². The highest BCUT2D eigenvalue weighted by molar-refractivity contribution is 8.00. The summed E-state index contributed by atoms with van der Waals surface area (Å²) >= 11 is 2.86. The predicted molar refractivity (Wildman–Crippen MR) is 109 cm³/mol. The van der Waals surface area contributed by atoms with E-state index in [0.29, 0.717) is 33.0 Å². The first kappa shape index (κ1) is 18.7. The van der Waals surface area contributed by atoms with Crippen LogP contribution in [0.2, 0.25) is 0 Å². The number of fused-ring (bicyclic) bond motifs is 2. The number of rotatable bonds is 3. The minimum atomic E-state index is -0.729. The first-order valence-electron chi connectivity index (χ1n) is 8.61. The number of aromatic nitrogens is 2. The number of aryl methyl sites for hydroxylation is 2. The Bertz CT molecular complexity index is 1180. The zero-order chi connectivity index (χ0) is 20.0. The molecule has 4 rings (SSSR count). The summed E-state index contributed by atoms with van der Waals surface area (Å²) in [4.78, 5) is 46.3. The van der Waals surface area contributed by atoms with Crippen molar-refractivity contribution in [2.24, 2.45) is 0 Å². The Morgan fingerprint density at radius 3 is 2.86 bits per heavy atom. The van der Waals surface area contributed by atoms with Crippen molar-refractivity contribution in [2.75, 3.05) is 11.1 Å². The van der Waals surface area contributed by atoms with Crippen LogP contribution in [0.25, 0.3) is 10.2 Å². The number of benzene rings is 1. The summed E-state index contributed by atoms with van der Waals surface area (Å²) in [5, 5.41) is 3.33. The molecule has 144 valence electrons. The molecule has 1 atom stereocenters. The molecular formula is C19H17N3O4S2. The van der Waals surface area contributed by atoms with E-state index in [1.807, 2.05) is 13.8 Å². The van der Waals surface area contributed by atoms with Gasteiger partial charge in [-0.25, -0.2) is 9.78 Å². The maximum atomic E-state index is 12.5. The molecule has 2 aromatic heterocycles. The predicted octanol–water partition coefficient (Wildman–Crippen LogP) is 3.56. The molecule has 0 aliphatic carbocycles. The molecule has 1 amide bonds. The average molecular weight is 415 g/mol. The first-order chi connectivity index (χ1) is 13.3. The van der Waals surface area contributed by atoms with Crippen molar-refractivity contribution in [3.05, 3.63) is 50.4 Å². The molecule has 0 spiro atoms. The minimum absolute atomic E-state index is 0.104. The number of anilines is 1. The quantitative estimate of drug-likeness (QED) is 0.634. The summed E-state index contributed by atoms with van der Waals surface area (Å²) in [6.45, 7) is 5.49. The molecule has 0 bridgehead atoms. The lowest BCUT2D eigenvalue weighted by Crippen LogP contribution is -2.20. The van der Waals surface area contributed by atoms with Gasteiger partial charge in [0.15, 0.2) is 11.9 Å². The fourth-order valence-electron chi connectivity index (χ4n) is 2.96. The molecule has 7 nitrogen and oxygen atoms in total.